The summed E-state index contributed by atoms with van der Waals surface area (Å²) >= 11 is 0. The van der Waals surface area contributed by atoms with Crippen LogP contribution in [0.2, 0.25) is 0 Å². The van der Waals surface area contributed by atoms with Crippen LogP contribution in [0.25, 0.3) is 0 Å². The molecule has 0 heterocycles. The van der Waals surface area contributed by atoms with E-state index < -0.39 is 5.97 Å². The molecule has 0 saturated heterocycles. The van der Waals surface area contributed by atoms with E-state index in [2.05, 4.69) is 0 Å². The molecule has 0 aromatic carbocycles. The zero-order valence-electron chi connectivity index (χ0n) is 9.12. The van der Waals surface area contributed by atoms with Gasteiger partial charge in [0.25, 0.3) is 0 Å². The van der Waals surface area contributed by atoms with E-state index in [1.54, 1.807) is 7.11 Å². The van der Waals surface area contributed by atoms with Gasteiger partial charge in [0.1, 0.15) is 6.61 Å². The number of aliphatic carboxylic acids is 1. The molecule has 0 aromatic heterocycles. The average Bonchev–Trinajstić information content (AvgIpc) is 2.02. The summed E-state index contributed by atoms with van der Waals surface area (Å²) in [5.74, 6) is -0.966. The predicted octanol–water partition coefficient (Wildman–Crippen LogP) is -3.13. The molecule has 0 aromatic rings. The molecular formula is C7H15NaO5. The molecule has 0 rings (SSSR count). The van der Waals surface area contributed by atoms with Crippen LogP contribution in [0.5, 0.6) is 0 Å². The fourth-order valence-electron chi connectivity index (χ4n) is 0.522. The van der Waals surface area contributed by atoms with Crippen LogP contribution < -0.4 is 29.6 Å². The van der Waals surface area contributed by atoms with E-state index in [-0.39, 0.29) is 37.6 Å². The molecular weight excluding hydrogens is 187 g/mol. The van der Waals surface area contributed by atoms with Crippen molar-refractivity contribution in [1.29, 1.82) is 0 Å². The van der Waals surface area contributed by atoms with Crippen molar-refractivity contribution >= 4 is 5.97 Å². The van der Waals surface area contributed by atoms with Crippen LogP contribution in [0.15, 0.2) is 0 Å². The topological polar surface area (TPSA) is 65.0 Å². The number of ether oxygens (including phenoxy) is 3. The van der Waals surface area contributed by atoms with Crippen molar-refractivity contribution in [1.82, 2.24) is 0 Å². The second-order valence-corrected chi connectivity index (χ2v) is 2.05. The van der Waals surface area contributed by atoms with Crippen molar-refractivity contribution in [3.63, 3.8) is 0 Å². The van der Waals surface area contributed by atoms with E-state index in [1.165, 1.54) is 0 Å². The monoisotopic (exact) mass is 202 g/mol. The number of carbonyl (C=O) groups is 1. The second-order valence-electron chi connectivity index (χ2n) is 2.05. The summed E-state index contributed by atoms with van der Waals surface area (Å²) in [4.78, 5) is 9.95. The van der Waals surface area contributed by atoms with Gasteiger partial charge in [0, 0.05) is 7.11 Å². The van der Waals surface area contributed by atoms with Crippen molar-refractivity contribution in [2.24, 2.45) is 0 Å². The van der Waals surface area contributed by atoms with Crippen molar-refractivity contribution in [3.05, 3.63) is 0 Å². The molecule has 6 heteroatoms. The number of hydrogen-bond acceptors (Lipinski definition) is 4. The Hall–Kier alpha value is 0.350. The van der Waals surface area contributed by atoms with Crippen molar-refractivity contribution in [3.8, 4) is 0 Å². The maximum absolute atomic E-state index is 9.95. The summed E-state index contributed by atoms with van der Waals surface area (Å²) < 4.78 is 14.4. The first-order valence-corrected chi connectivity index (χ1v) is 3.63. The molecule has 5 nitrogen and oxygen atoms in total. The van der Waals surface area contributed by atoms with E-state index in [9.17, 15) is 4.79 Å². The average molecular weight is 202 g/mol. The molecule has 0 aliphatic heterocycles. The van der Waals surface area contributed by atoms with Gasteiger partial charge in [0.15, 0.2) is 0 Å². The summed E-state index contributed by atoms with van der Waals surface area (Å²) in [5, 5.41) is 8.17. The molecule has 0 amide bonds. The minimum absolute atomic E-state index is 0. The molecule has 0 aliphatic rings. The van der Waals surface area contributed by atoms with E-state index in [1.807, 2.05) is 0 Å². The van der Waals surface area contributed by atoms with Crippen LogP contribution in [-0.2, 0) is 19.0 Å². The molecule has 0 unspecified atom stereocenters. The summed E-state index contributed by atoms with van der Waals surface area (Å²) in [7, 11) is 1.59. The zero-order valence-corrected chi connectivity index (χ0v) is 10.1. The van der Waals surface area contributed by atoms with Crippen LogP contribution in [-0.4, -0.2) is 51.2 Å². The van der Waals surface area contributed by atoms with Crippen molar-refractivity contribution in [2.75, 3.05) is 40.1 Å². The maximum atomic E-state index is 9.95. The Balaban J connectivity index is -0.000000605. The molecule has 0 atom stereocenters. The fourth-order valence-corrected chi connectivity index (χ4v) is 0.522. The normalized spacial score (nSPS) is 9.31. The summed E-state index contributed by atoms with van der Waals surface area (Å²) in [6.45, 7) is 1.48. The van der Waals surface area contributed by atoms with Gasteiger partial charge in [-0.2, -0.15) is 0 Å². The first-order valence-electron chi connectivity index (χ1n) is 3.63. The Kier molecular flexibility index (Phi) is 15.0. The van der Waals surface area contributed by atoms with Gasteiger partial charge in [-0.1, -0.05) is 0 Å². The van der Waals surface area contributed by atoms with Gasteiger partial charge in [0.2, 0.25) is 0 Å². The van der Waals surface area contributed by atoms with Crippen LogP contribution in [0.1, 0.15) is 1.43 Å². The van der Waals surface area contributed by atoms with E-state index in [4.69, 9.17) is 19.3 Å². The number of carboxylic acid groups (broad SMARTS) is 1. The molecule has 0 saturated carbocycles. The smallest absolute Gasteiger partial charge is 1.00 e. The van der Waals surface area contributed by atoms with Gasteiger partial charge in [-0.15, -0.1) is 0 Å². The Morgan fingerprint density at radius 3 is 2.31 bits per heavy atom. The molecule has 0 radical (unpaired) electrons. The standard InChI is InChI=1S/C7H14O5.Na.H/c1-10-2-3-11-4-5-12-6-7(8)9;;/h2-6H2,1H3,(H,8,9);;/q;+1;-1. The van der Waals surface area contributed by atoms with Gasteiger partial charge in [-0.05, 0) is 0 Å². The van der Waals surface area contributed by atoms with Crippen molar-refractivity contribution in [2.45, 2.75) is 0 Å². The van der Waals surface area contributed by atoms with Crippen LogP contribution in [0, 0.1) is 0 Å². The van der Waals surface area contributed by atoms with E-state index in [0.29, 0.717) is 26.4 Å². The Morgan fingerprint density at radius 1 is 1.23 bits per heavy atom. The third-order valence-electron chi connectivity index (χ3n) is 1.03. The van der Waals surface area contributed by atoms with Gasteiger partial charge in [-0.25, -0.2) is 4.79 Å². The molecule has 0 bridgehead atoms. The fraction of sp³-hybridized carbons (Fsp3) is 0.857. The Bertz CT molecular complexity index is 125. The van der Waals surface area contributed by atoms with Gasteiger partial charge >= 0.3 is 35.5 Å². The van der Waals surface area contributed by atoms with Crippen LogP contribution >= 0.6 is 0 Å². The third-order valence-corrected chi connectivity index (χ3v) is 1.03. The number of carboxylic acids is 1. The van der Waals surface area contributed by atoms with Crippen LogP contribution in [0.4, 0.5) is 0 Å². The summed E-state index contributed by atoms with van der Waals surface area (Å²) in [5.41, 5.74) is 0. The van der Waals surface area contributed by atoms with Crippen molar-refractivity contribution < 1.29 is 55.1 Å². The number of hydrogen-bond donors (Lipinski definition) is 1. The molecule has 1 N–H and O–H groups in total. The Labute approximate surface area is 101 Å². The van der Waals surface area contributed by atoms with E-state index in [0.717, 1.165) is 0 Å². The third kappa shape index (κ3) is 15.1. The van der Waals surface area contributed by atoms with E-state index >= 15 is 0 Å². The number of rotatable bonds is 8. The SMILES string of the molecule is COCCOCCOCC(=O)O.[H-].[Na+]. The van der Waals surface area contributed by atoms with Gasteiger partial charge in [0.05, 0.1) is 26.4 Å². The zero-order chi connectivity index (χ0) is 9.23. The predicted molar refractivity (Wildman–Crippen MR) is 42.3 cm³/mol. The first kappa shape index (κ1) is 15.8. The van der Waals surface area contributed by atoms with Gasteiger partial charge < -0.3 is 20.7 Å². The summed E-state index contributed by atoms with van der Waals surface area (Å²) in [6, 6.07) is 0. The maximum Gasteiger partial charge on any atom is 1.00 e. The quantitative estimate of drug-likeness (QED) is 0.333. The second kappa shape index (κ2) is 12.3. The first-order chi connectivity index (χ1) is 5.77. The minimum atomic E-state index is -0.966. The molecule has 0 aliphatic carbocycles. The van der Waals surface area contributed by atoms with Crippen LogP contribution in [0.3, 0.4) is 0 Å². The number of methoxy groups -OCH3 is 1. The molecule has 0 fully saturated rings. The Morgan fingerprint density at radius 2 is 1.77 bits per heavy atom. The largest absolute Gasteiger partial charge is 1.00 e. The molecule has 0 spiro atoms. The van der Waals surface area contributed by atoms with Gasteiger partial charge in [-0.3, -0.25) is 0 Å². The molecule has 13 heavy (non-hydrogen) atoms. The molecule has 74 valence electrons. The summed E-state index contributed by atoms with van der Waals surface area (Å²) in [6.07, 6.45) is 0. The minimum Gasteiger partial charge on any atom is -1.00 e.